The number of rotatable bonds is 12. The van der Waals surface area contributed by atoms with Gasteiger partial charge >= 0.3 is 11.9 Å². The Hall–Kier alpha value is -4.24. The Morgan fingerprint density at radius 1 is 0.900 bits per heavy atom. The summed E-state index contributed by atoms with van der Waals surface area (Å²) in [7, 11) is 0. The molecule has 40 heavy (non-hydrogen) atoms. The lowest BCUT2D eigenvalue weighted by molar-refractivity contribution is -0.145. The van der Waals surface area contributed by atoms with Crippen molar-refractivity contribution < 1.29 is 29.0 Å². The monoisotopic (exact) mass is 561 g/mol. The summed E-state index contributed by atoms with van der Waals surface area (Å²) in [5.41, 5.74) is 0.723. The SMILES string of the molecule is CC(=O)NC(CCC(=O)O)(CCc1ccc2sc3ccc(OCc4ccccc4)cc3c(=O)c2c1)COC(C)=O. The molecule has 1 unspecified atom stereocenters. The van der Waals surface area contributed by atoms with Crippen LogP contribution in [0.3, 0.4) is 0 Å². The van der Waals surface area contributed by atoms with E-state index < -0.39 is 17.5 Å². The number of benzene rings is 3. The van der Waals surface area contributed by atoms with Crippen molar-refractivity contribution in [3.05, 3.63) is 88.1 Å². The van der Waals surface area contributed by atoms with Crippen molar-refractivity contribution in [1.29, 1.82) is 0 Å². The largest absolute Gasteiger partial charge is 0.489 e. The van der Waals surface area contributed by atoms with Gasteiger partial charge in [0.1, 0.15) is 19.0 Å². The topological polar surface area (TPSA) is 119 Å². The fourth-order valence-corrected chi connectivity index (χ4v) is 5.67. The molecular weight excluding hydrogens is 530 g/mol. The lowest BCUT2D eigenvalue weighted by Crippen LogP contribution is -2.52. The van der Waals surface area contributed by atoms with Crippen LogP contribution < -0.4 is 15.5 Å². The van der Waals surface area contributed by atoms with E-state index in [0.717, 1.165) is 20.5 Å². The fraction of sp³-hybridized carbons (Fsp3) is 0.290. The van der Waals surface area contributed by atoms with Gasteiger partial charge in [-0.05, 0) is 60.7 Å². The first-order valence-corrected chi connectivity index (χ1v) is 13.8. The predicted molar refractivity (Wildman–Crippen MR) is 155 cm³/mol. The number of amides is 1. The number of fused-ring (bicyclic) bond motifs is 2. The van der Waals surface area contributed by atoms with E-state index in [9.17, 15) is 24.3 Å². The highest BCUT2D eigenvalue weighted by Crippen LogP contribution is 2.29. The summed E-state index contributed by atoms with van der Waals surface area (Å²) >= 11 is 1.52. The van der Waals surface area contributed by atoms with Gasteiger partial charge in [-0.2, -0.15) is 0 Å². The number of esters is 1. The van der Waals surface area contributed by atoms with Crippen LogP contribution in [0.15, 0.2) is 71.5 Å². The maximum absolute atomic E-state index is 13.5. The summed E-state index contributed by atoms with van der Waals surface area (Å²) in [6, 6.07) is 21.0. The molecule has 208 valence electrons. The Balaban J connectivity index is 1.60. The van der Waals surface area contributed by atoms with Gasteiger partial charge in [0.05, 0.1) is 5.54 Å². The number of carbonyl (C=O) groups excluding carboxylic acids is 2. The van der Waals surface area contributed by atoms with Gasteiger partial charge in [0.15, 0.2) is 5.43 Å². The van der Waals surface area contributed by atoms with Crippen LogP contribution >= 0.6 is 11.3 Å². The summed E-state index contributed by atoms with van der Waals surface area (Å²) in [5.74, 6) is -1.27. The van der Waals surface area contributed by atoms with Gasteiger partial charge in [-0.1, -0.05) is 36.4 Å². The van der Waals surface area contributed by atoms with Crippen molar-refractivity contribution in [2.45, 2.75) is 51.7 Å². The zero-order chi connectivity index (χ0) is 28.7. The highest BCUT2D eigenvalue weighted by atomic mass is 32.1. The van der Waals surface area contributed by atoms with Gasteiger partial charge in [0.25, 0.3) is 0 Å². The summed E-state index contributed by atoms with van der Waals surface area (Å²) in [6.45, 7) is 2.85. The number of hydrogen-bond donors (Lipinski definition) is 2. The van der Waals surface area contributed by atoms with Crippen LogP contribution in [-0.4, -0.2) is 35.1 Å². The molecule has 3 aromatic carbocycles. The lowest BCUT2D eigenvalue weighted by atomic mass is 9.87. The first-order chi connectivity index (χ1) is 19.1. The molecule has 4 rings (SSSR count). The second-order valence-corrected chi connectivity index (χ2v) is 10.9. The molecule has 8 nitrogen and oxygen atoms in total. The maximum Gasteiger partial charge on any atom is 0.303 e. The minimum absolute atomic E-state index is 0.0913. The number of aliphatic carboxylic acids is 1. The first-order valence-electron chi connectivity index (χ1n) is 12.9. The third-order valence-electron chi connectivity index (χ3n) is 6.66. The summed E-state index contributed by atoms with van der Waals surface area (Å²) < 4.78 is 12.9. The van der Waals surface area contributed by atoms with Crippen molar-refractivity contribution in [1.82, 2.24) is 5.32 Å². The van der Waals surface area contributed by atoms with Crippen LogP contribution in [0.2, 0.25) is 0 Å². The van der Waals surface area contributed by atoms with Gasteiger partial charge < -0.3 is 19.9 Å². The third-order valence-corrected chi connectivity index (χ3v) is 7.81. The molecule has 4 aromatic rings. The molecule has 0 saturated carbocycles. The molecule has 1 atom stereocenters. The van der Waals surface area contributed by atoms with Crippen molar-refractivity contribution in [3.63, 3.8) is 0 Å². The van der Waals surface area contributed by atoms with E-state index in [1.54, 1.807) is 6.07 Å². The average Bonchev–Trinajstić information content (AvgIpc) is 2.93. The summed E-state index contributed by atoms with van der Waals surface area (Å²) in [6.07, 6.45) is 0.640. The van der Waals surface area contributed by atoms with Crippen LogP contribution in [0.25, 0.3) is 20.2 Å². The van der Waals surface area contributed by atoms with Crippen molar-refractivity contribution in [2.24, 2.45) is 0 Å². The van der Waals surface area contributed by atoms with Gasteiger partial charge in [-0.15, -0.1) is 11.3 Å². The van der Waals surface area contributed by atoms with Crippen LogP contribution in [0.1, 0.15) is 44.2 Å². The summed E-state index contributed by atoms with van der Waals surface area (Å²) in [4.78, 5) is 48.4. The molecule has 0 fully saturated rings. The van der Waals surface area contributed by atoms with Crippen molar-refractivity contribution in [2.75, 3.05) is 6.61 Å². The number of hydrogen-bond acceptors (Lipinski definition) is 7. The third kappa shape index (κ3) is 7.45. The number of ether oxygens (including phenoxy) is 2. The van der Waals surface area contributed by atoms with Crippen molar-refractivity contribution >= 4 is 49.4 Å². The number of carboxylic acids is 1. The highest BCUT2D eigenvalue weighted by molar-refractivity contribution is 7.24. The van der Waals surface area contributed by atoms with E-state index in [0.29, 0.717) is 36.0 Å². The van der Waals surface area contributed by atoms with Crippen LogP contribution in [0.4, 0.5) is 0 Å². The molecule has 0 bridgehead atoms. The summed E-state index contributed by atoms with van der Waals surface area (Å²) in [5, 5.41) is 13.2. The lowest BCUT2D eigenvalue weighted by Gasteiger charge is -2.34. The van der Waals surface area contributed by atoms with E-state index in [-0.39, 0.29) is 30.8 Å². The fourth-order valence-electron chi connectivity index (χ4n) is 4.64. The highest BCUT2D eigenvalue weighted by Gasteiger charge is 2.33. The van der Waals surface area contributed by atoms with Gasteiger partial charge in [-0.25, -0.2) is 0 Å². The second kappa shape index (κ2) is 12.7. The molecule has 9 heteroatoms. The van der Waals surface area contributed by atoms with E-state index in [2.05, 4.69) is 5.32 Å². The van der Waals surface area contributed by atoms with Crippen molar-refractivity contribution in [3.8, 4) is 5.75 Å². The quantitative estimate of drug-likeness (QED) is 0.180. The Morgan fingerprint density at radius 3 is 2.27 bits per heavy atom. The average molecular weight is 562 g/mol. The number of aryl methyl sites for hydroxylation is 1. The van der Waals surface area contributed by atoms with Crippen LogP contribution in [0, 0.1) is 0 Å². The standard InChI is InChI=1S/C31H31NO7S/c1-20(33)32-31(15-13-29(35)36,19-39-21(2)34)14-12-22-8-10-27-25(16-22)30(37)26-17-24(9-11-28(26)40-27)38-18-23-6-4-3-5-7-23/h3-11,16-17H,12-15,18-19H2,1-2H3,(H,32,33)(H,35,36). The normalized spacial score (nSPS) is 12.6. The molecule has 1 heterocycles. The molecular formula is C31H31NO7S. The molecule has 0 aliphatic carbocycles. The molecule has 2 N–H and O–H groups in total. The van der Waals surface area contributed by atoms with E-state index >= 15 is 0 Å². The predicted octanol–water partition coefficient (Wildman–Crippen LogP) is 5.23. The molecule has 0 aliphatic heterocycles. The Bertz CT molecular complexity index is 1580. The molecule has 0 aliphatic rings. The van der Waals surface area contributed by atoms with Gasteiger partial charge in [-0.3, -0.25) is 19.2 Å². The minimum atomic E-state index is -1.05. The number of carbonyl (C=O) groups is 3. The maximum atomic E-state index is 13.5. The molecule has 0 saturated heterocycles. The zero-order valence-corrected chi connectivity index (χ0v) is 23.2. The van der Waals surface area contributed by atoms with Gasteiger partial charge in [0.2, 0.25) is 5.91 Å². The second-order valence-electron chi connectivity index (χ2n) is 9.83. The van der Waals surface area contributed by atoms with E-state index in [4.69, 9.17) is 9.47 Å². The zero-order valence-electron chi connectivity index (χ0n) is 22.4. The first kappa shape index (κ1) is 28.8. The van der Waals surface area contributed by atoms with E-state index in [1.165, 1.54) is 25.2 Å². The van der Waals surface area contributed by atoms with Crippen LogP contribution in [0.5, 0.6) is 5.75 Å². The van der Waals surface area contributed by atoms with E-state index in [1.807, 2.05) is 60.7 Å². The Kier molecular flexibility index (Phi) is 9.16. The Labute approximate surface area is 235 Å². The molecule has 0 radical (unpaired) electrons. The number of nitrogens with one attached hydrogen (secondary N) is 1. The number of carboxylic acid groups (broad SMARTS) is 1. The van der Waals surface area contributed by atoms with Gasteiger partial charge in [0, 0.05) is 40.4 Å². The molecule has 1 amide bonds. The smallest absolute Gasteiger partial charge is 0.303 e. The molecule has 1 aromatic heterocycles. The minimum Gasteiger partial charge on any atom is -0.489 e. The molecule has 0 spiro atoms. The Morgan fingerprint density at radius 2 is 1.60 bits per heavy atom. The van der Waals surface area contributed by atoms with Crippen LogP contribution in [-0.2, 0) is 32.1 Å².